The van der Waals surface area contributed by atoms with Crippen molar-refractivity contribution in [2.24, 2.45) is 0 Å². The van der Waals surface area contributed by atoms with Crippen molar-refractivity contribution in [2.75, 3.05) is 26.9 Å². The van der Waals surface area contributed by atoms with E-state index in [1.807, 2.05) is 6.07 Å². The van der Waals surface area contributed by atoms with Crippen LogP contribution in [0.3, 0.4) is 0 Å². The van der Waals surface area contributed by atoms with E-state index in [0.29, 0.717) is 24.5 Å². The minimum absolute atomic E-state index is 0.251. The van der Waals surface area contributed by atoms with Crippen LogP contribution in [0.15, 0.2) is 24.3 Å². The molecule has 0 radical (unpaired) electrons. The maximum Gasteiger partial charge on any atom is 0.329 e. The summed E-state index contributed by atoms with van der Waals surface area (Å²) in [7, 11) is 1.53. The minimum Gasteiger partial charge on any atom is -0.493 e. The first-order valence-corrected chi connectivity index (χ1v) is 8.37. The molecule has 0 aliphatic carbocycles. The maximum absolute atomic E-state index is 12.7. The van der Waals surface area contributed by atoms with Crippen LogP contribution in [-0.2, 0) is 19.1 Å². The van der Waals surface area contributed by atoms with Crippen LogP contribution in [0.5, 0.6) is 11.5 Å². The Balaban J connectivity index is 2.02. The van der Waals surface area contributed by atoms with Gasteiger partial charge in [0.05, 0.1) is 25.9 Å². The van der Waals surface area contributed by atoms with Crippen molar-refractivity contribution < 1.29 is 33.6 Å². The first-order valence-electron chi connectivity index (χ1n) is 8.37. The van der Waals surface area contributed by atoms with Crippen LogP contribution >= 0.6 is 0 Å². The molecule has 1 fully saturated rings. The summed E-state index contributed by atoms with van der Waals surface area (Å²) in [6.07, 6.45) is 0.0808. The Hall–Kier alpha value is -2.32. The van der Waals surface area contributed by atoms with E-state index in [1.165, 1.54) is 7.11 Å². The summed E-state index contributed by atoms with van der Waals surface area (Å²) in [5.41, 5.74) is -1.18. The molecular formula is C18H25NO7. The van der Waals surface area contributed by atoms with E-state index in [0.717, 1.165) is 0 Å². The van der Waals surface area contributed by atoms with Gasteiger partial charge in [0, 0.05) is 6.61 Å². The average Bonchev–Trinajstić information content (AvgIpc) is 2.61. The number of carbonyl (C=O) groups is 2. The number of carbonyl (C=O) groups excluding carboxylic acids is 1. The average molecular weight is 367 g/mol. The molecule has 1 aliphatic rings. The molecule has 2 N–H and O–H groups in total. The van der Waals surface area contributed by atoms with Gasteiger partial charge in [0.15, 0.2) is 17.1 Å². The molecule has 0 saturated carbocycles. The first kappa shape index (κ1) is 20.0. The molecule has 1 amide bonds. The number of carboxylic acids is 1. The molecule has 1 aliphatic heterocycles. The Morgan fingerprint density at radius 3 is 2.65 bits per heavy atom. The Kier molecular flexibility index (Phi) is 6.82. The van der Waals surface area contributed by atoms with E-state index in [4.69, 9.17) is 24.1 Å². The van der Waals surface area contributed by atoms with E-state index < -0.39 is 30.3 Å². The van der Waals surface area contributed by atoms with E-state index in [9.17, 15) is 9.59 Å². The zero-order valence-electron chi connectivity index (χ0n) is 15.2. The predicted molar refractivity (Wildman–Crippen MR) is 92.4 cm³/mol. The minimum atomic E-state index is -1.18. The lowest BCUT2D eigenvalue weighted by Crippen LogP contribution is -2.57. The molecule has 8 heteroatoms. The molecule has 0 unspecified atom stereocenters. The summed E-state index contributed by atoms with van der Waals surface area (Å²) < 4.78 is 21.8. The summed E-state index contributed by atoms with van der Waals surface area (Å²) >= 11 is 0. The van der Waals surface area contributed by atoms with Crippen LogP contribution in [0, 0.1) is 0 Å². The summed E-state index contributed by atoms with van der Waals surface area (Å²) in [5.74, 6) is -0.435. The number of hydrogen-bond donors (Lipinski definition) is 2. The Bertz CT molecular complexity index is 632. The van der Waals surface area contributed by atoms with Gasteiger partial charge < -0.3 is 29.4 Å². The molecule has 0 aromatic heterocycles. The van der Waals surface area contributed by atoms with E-state index in [-0.39, 0.29) is 12.5 Å². The van der Waals surface area contributed by atoms with Crippen LogP contribution in [-0.4, -0.2) is 61.7 Å². The molecule has 26 heavy (non-hydrogen) atoms. The molecule has 1 aromatic carbocycles. The highest BCUT2D eigenvalue weighted by molar-refractivity contribution is 5.85. The van der Waals surface area contributed by atoms with Crippen molar-refractivity contribution in [3.63, 3.8) is 0 Å². The second-order valence-corrected chi connectivity index (χ2v) is 6.45. The molecule has 2 rings (SSSR count). The van der Waals surface area contributed by atoms with Gasteiger partial charge in [-0.25, -0.2) is 4.79 Å². The fraction of sp³-hybridized carbons (Fsp3) is 0.556. The molecule has 0 spiro atoms. The number of para-hydroxylation sites is 2. The van der Waals surface area contributed by atoms with Crippen LogP contribution in [0.2, 0.25) is 0 Å². The van der Waals surface area contributed by atoms with Gasteiger partial charge in [0.1, 0.15) is 6.61 Å². The number of hydrogen-bond acceptors (Lipinski definition) is 6. The highest BCUT2D eigenvalue weighted by Crippen LogP contribution is 2.29. The normalized spacial score (nSPS) is 20.3. The van der Waals surface area contributed by atoms with Crippen molar-refractivity contribution in [1.82, 2.24) is 5.32 Å². The lowest BCUT2D eigenvalue weighted by Gasteiger charge is -2.34. The second-order valence-electron chi connectivity index (χ2n) is 6.45. The van der Waals surface area contributed by atoms with Crippen LogP contribution in [0.4, 0.5) is 0 Å². The highest BCUT2D eigenvalue weighted by Gasteiger charge is 2.36. The summed E-state index contributed by atoms with van der Waals surface area (Å²) in [6.45, 7) is 3.58. The number of carboxylic acid groups (broad SMARTS) is 1. The van der Waals surface area contributed by atoms with Gasteiger partial charge in [0.2, 0.25) is 0 Å². The number of nitrogens with one attached hydrogen (secondary N) is 1. The van der Waals surface area contributed by atoms with Gasteiger partial charge in [-0.1, -0.05) is 12.1 Å². The molecule has 1 heterocycles. The number of benzene rings is 1. The third kappa shape index (κ3) is 5.34. The Labute approximate surface area is 152 Å². The maximum atomic E-state index is 12.7. The molecular weight excluding hydrogens is 342 g/mol. The number of amides is 1. The van der Waals surface area contributed by atoms with Crippen molar-refractivity contribution in [3.05, 3.63) is 24.3 Å². The summed E-state index contributed by atoms with van der Waals surface area (Å²) in [5, 5.41) is 11.6. The largest absolute Gasteiger partial charge is 0.493 e. The Morgan fingerprint density at radius 1 is 1.31 bits per heavy atom. The summed E-state index contributed by atoms with van der Waals surface area (Å²) in [6, 6.07) is 6.61. The van der Waals surface area contributed by atoms with Crippen molar-refractivity contribution in [1.29, 1.82) is 0 Å². The van der Waals surface area contributed by atoms with Crippen LogP contribution in [0.25, 0.3) is 0 Å². The standard InChI is InChI=1S/C18H25NO7/c1-18(2,26-15-7-5-4-6-14(15)23-3)17(22)19-12-10-24-9-8-13(12)25-11-16(20)21/h4-7,12-13H,8-11H2,1-3H3,(H,19,22)(H,20,21)/t12-,13+/m1/s1. The molecule has 1 saturated heterocycles. The lowest BCUT2D eigenvalue weighted by molar-refractivity contribution is -0.149. The fourth-order valence-corrected chi connectivity index (χ4v) is 2.60. The van der Waals surface area contributed by atoms with Crippen molar-refractivity contribution in [2.45, 2.75) is 38.0 Å². The smallest absolute Gasteiger partial charge is 0.329 e. The molecule has 144 valence electrons. The molecule has 8 nitrogen and oxygen atoms in total. The monoisotopic (exact) mass is 367 g/mol. The highest BCUT2D eigenvalue weighted by atomic mass is 16.5. The van der Waals surface area contributed by atoms with E-state index >= 15 is 0 Å². The third-order valence-corrected chi connectivity index (χ3v) is 4.01. The van der Waals surface area contributed by atoms with E-state index in [2.05, 4.69) is 5.32 Å². The SMILES string of the molecule is COc1ccccc1OC(C)(C)C(=O)N[C@@H]1COCC[C@@H]1OCC(=O)O. The van der Waals surface area contributed by atoms with Crippen molar-refractivity contribution >= 4 is 11.9 Å². The van der Waals surface area contributed by atoms with Gasteiger partial charge in [-0.3, -0.25) is 4.79 Å². The topological polar surface area (TPSA) is 103 Å². The number of methoxy groups -OCH3 is 1. The summed E-state index contributed by atoms with van der Waals surface area (Å²) in [4.78, 5) is 23.4. The number of ether oxygens (including phenoxy) is 4. The molecule has 1 aromatic rings. The zero-order valence-corrected chi connectivity index (χ0v) is 15.2. The number of aliphatic carboxylic acids is 1. The zero-order chi connectivity index (χ0) is 19.2. The van der Waals surface area contributed by atoms with Gasteiger partial charge in [0.25, 0.3) is 5.91 Å². The Morgan fingerprint density at radius 2 is 2.00 bits per heavy atom. The van der Waals surface area contributed by atoms with Gasteiger partial charge in [-0.15, -0.1) is 0 Å². The number of rotatable bonds is 8. The van der Waals surface area contributed by atoms with Gasteiger partial charge >= 0.3 is 5.97 Å². The fourth-order valence-electron chi connectivity index (χ4n) is 2.60. The quantitative estimate of drug-likeness (QED) is 0.712. The first-order chi connectivity index (χ1) is 12.3. The third-order valence-electron chi connectivity index (χ3n) is 4.01. The lowest BCUT2D eigenvalue weighted by atomic mass is 10.0. The predicted octanol–water partition coefficient (Wildman–Crippen LogP) is 1.23. The van der Waals surface area contributed by atoms with Gasteiger partial charge in [-0.2, -0.15) is 0 Å². The van der Waals surface area contributed by atoms with Crippen LogP contribution < -0.4 is 14.8 Å². The molecule has 0 bridgehead atoms. The van der Waals surface area contributed by atoms with E-state index in [1.54, 1.807) is 32.0 Å². The van der Waals surface area contributed by atoms with Gasteiger partial charge in [-0.05, 0) is 32.4 Å². The van der Waals surface area contributed by atoms with Crippen molar-refractivity contribution in [3.8, 4) is 11.5 Å². The molecule has 2 atom stereocenters. The van der Waals surface area contributed by atoms with Crippen LogP contribution in [0.1, 0.15) is 20.3 Å². The second kappa shape index (κ2) is 8.86.